The van der Waals surface area contributed by atoms with Crippen molar-refractivity contribution in [2.45, 2.75) is 36.6 Å². The molecule has 0 bridgehead atoms. The number of aromatic nitrogens is 2. The lowest BCUT2D eigenvalue weighted by molar-refractivity contribution is 0.229. The first-order valence-electron chi connectivity index (χ1n) is 6.68. The van der Waals surface area contributed by atoms with Gasteiger partial charge < -0.3 is 10.3 Å². The Hall–Kier alpha value is -1.04. The normalized spacial score (nSPS) is 16.9. The molecule has 6 heteroatoms. The highest BCUT2D eigenvalue weighted by Gasteiger charge is 2.39. The Morgan fingerprint density at radius 3 is 2.90 bits per heavy atom. The molecule has 0 radical (unpaired) electrons. The second-order valence-electron chi connectivity index (χ2n) is 5.01. The van der Waals surface area contributed by atoms with Crippen LogP contribution >= 0.6 is 23.4 Å². The van der Waals surface area contributed by atoms with E-state index in [1.165, 1.54) is 0 Å². The van der Waals surface area contributed by atoms with Crippen molar-refractivity contribution >= 4 is 23.4 Å². The van der Waals surface area contributed by atoms with Crippen LogP contribution in [0.2, 0.25) is 5.02 Å². The first-order chi connectivity index (χ1) is 9.62. The molecule has 0 amide bonds. The average molecular weight is 310 g/mol. The van der Waals surface area contributed by atoms with E-state index in [0.717, 1.165) is 35.5 Å². The van der Waals surface area contributed by atoms with Crippen molar-refractivity contribution in [2.75, 3.05) is 5.75 Å². The molecule has 0 spiro atoms. The molecule has 20 heavy (non-hydrogen) atoms. The van der Waals surface area contributed by atoms with Crippen LogP contribution in [0.25, 0.3) is 11.5 Å². The predicted octanol–water partition coefficient (Wildman–Crippen LogP) is 3.84. The van der Waals surface area contributed by atoms with E-state index >= 15 is 0 Å². The highest BCUT2D eigenvalue weighted by atomic mass is 35.5. The molecule has 1 fully saturated rings. The molecule has 0 saturated heterocycles. The molecule has 0 atom stereocenters. The van der Waals surface area contributed by atoms with Gasteiger partial charge >= 0.3 is 0 Å². The first-order valence-corrected chi connectivity index (χ1v) is 8.04. The van der Waals surface area contributed by atoms with Gasteiger partial charge in [-0.15, -0.1) is 11.8 Å². The molecule has 0 unspecified atom stereocenters. The van der Waals surface area contributed by atoms with Crippen LogP contribution in [0.4, 0.5) is 0 Å². The van der Waals surface area contributed by atoms with E-state index in [1.807, 2.05) is 18.2 Å². The highest BCUT2D eigenvalue weighted by Crippen LogP contribution is 2.39. The minimum absolute atomic E-state index is 0.404. The lowest BCUT2D eigenvalue weighted by Gasteiger charge is -2.34. The summed E-state index contributed by atoms with van der Waals surface area (Å²) in [5.41, 5.74) is 6.70. The maximum Gasteiger partial charge on any atom is 0.259 e. The lowest BCUT2D eigenvalue weighted by Crippen LogP contribution is -2.44. The number of rotatable bonds is 4. The largest absolute Gasteiger partial charge is 0.334 e. The van der Waals surface area contributed by atoms with Crippen LogP contribution in [0, 0.1) is 0 Å². The van der Waals surface area contributed by atoms with E-state index in [9.17, 15) is 0 Å². The van der Waals surface area contributed by atoms with E-state index in [1.54, 1.807) is 11.8 Å². The van der Waals surface area contributed by atoms with Gasteiger partial charge in [-0.25, -0.2) is 0 Å². The summed E-state index contributed by atoms with van der Waals surface area (Å²) < 4.78 is 5.40. The number of benzene rings is 1. The Morgan fingerprint density at radius 1 is 1.45 bits per heavy atom. The number of hydrogen-bond donors (Lipinski definition) is 1. The topological polar surface area (TPSA) is 64.9 Å². The third kappa shape index (κ3) is 2.45. The molecule has 3 rings (SSSR count). The molecule has 1 heterocycles. The zero-order valence-electron chi connectivity index (χ0n) is 11.2. The van der Waals surface area contributed by atoms with Crippen LogP contribution in [0.1, 0.15) is 32.0 Å². The molecule has 2 aromatic rings. The van der Waals surface area contributed by atoms with Gasteiger partial charge in [-0.2, -0.15) is 4.98 Å². The molecule has 1 aromatic carbocycles. The van der Waals surface area contributed by atoms with Crippen molar-refractivity contribution < 1.29 is 4.52 Å². The fourth-order valence-electron chi connectivity index (χ4n) is 2.27. The van der Waals surface area contributed by atoms with Crippen LogP contribution in [0.3, 0.4) is 0 Å². The van der Waals surface area contributed by atoms with Gasteiger partial charge in [0.1, 0.15) is 0 Å². The number of nitrogens with two attached hydrogens (primary N) is 1. The molecule has 4 nitrogen and oxygen atoms in total. The van der Waals surface area contributed by atoms with Gasteiger partial charge in [0.05, 0.1) is 11.1 Å². The Kier molecular flexibility index (Phi) is 3.75. The van der Waals surface area contributed by atoms with Crippen LogP contribution < -0.4 is 5.73 Å². The molecule has 0 aliphatic heterocycles. The molecular formula is C14H16ClN3OS. The fraction of sp³-hybridized carbons (Fsp3) is 0.429. The van der Waals surface area contributed by atoms with Crippen molar-refractivity contribution in [3.63, 3.8) is 0 Å². The minimum atomic E-state index is -0.404. The lowest BCUT2D eigenvalue weighted by atomic mass is 9.77. The van der Waals surface area contributed by atoms with E-state index in [2.05, 4.69) is 17.1 Å². The molecule has 2 N–H and O–H groups in total. The second-order valence-corrected chi connectivity index (χ2v) is 6.75. The Balaban J connectivity index is 1.98. The first kappa shape index (κ1) is 13.9. The van der Waals surface area contributed by atoms with Gasteiger partial charge in [0, 0.05) is 9.92 Å². The molecule has 106 valence electrons. The molecule has 1 aliphatic rings. The van der Waals surface area contributed by atoms with Gasteiger partial charge in [0.15, 0.2) is 5.82 Å². The van der Waals surface area contributed by atoms with Gasteiger partial charge in [-0.3, -0.25) is 0 Å². The number of thioether (sulfide) groups is 1. The summed E-state index contributed by atoms with van der Waals surface area (Å²) in [6.07, 6.45) is 2.95. The molecule has 1 saturated carbocycles. The van der Waals surface area contributed by atoms with Crippen molar-refractivity contribution in [3.8, 4) is 11.5 Å². The summed E-state index contributed by atoms with van der Waals surface area (Å²) >= 11 is 7.80. The van der Waals surface area contributed by atoms with Crippen LogP contribution in [-0.4, -0.2) is 15.9 Å². The van der Waals surface area contributed by atoms with Crippen LogP contribution in [0.15, 0.2) is 27.6 Å². The molecule has 1 aromatic heterocycles. The number of halogens is 1. The van der Waals surface area contributed by atoms with Crippen molar-refractivity contribution in [1.82, 2.24) is 10.1 Å². The number of nitrogens with zero attached hydrogens (tertiary/aromatic N) is 2. The van der Waals surface area contributed by atoms with E-state index in [4.69, 9.17) is 21.9 Å². The Morgan fingerprint density at radius 2 is 2.25 bits per heavy atom. The Labute approximate surface area is 127 Å². The van der Waals surface area contributed by atoms with Gasteiger partial charge in [0.2, 0.25) is 0 Å². The summed E-state index contributed by atoms with van der Waals surface area (Å²) in [5.74, 6) is 2.07. The third-order valence-electron chi connectivity index (χ3n) is 3.59. The maximum atomic E-state index is 6.23. The van der Waals surface area contributed by atoms with E-state index in [0.29, 0.717) is 16.7 Å². The van der Waals surface area contributed by atoms with E-state index < -0.39 is 5.54 Å². The Bertz CT molecular complexity index is 625. The standard InChI is InChI=1S/C14H16ClN3OS/c1-2-20-11-5-4-9(15)8-10(11)12-17-13(18-19-12)14(16)6-3-7-14/h4-5,8H,2-3,6-7,16H2,1H3. The van der Waals surface area contributed by atoms with Gasteiger partial charge in [-0.1, -0.05) is 23.7 Å². The monoisotopic (exact) mass is 309 g/mol. The zero-order chi connectivity index (χ0) is 14.2. The van der Waals surface area contributed by atoms with Gasteiger partial charge in [0.25, 0.3) is 5.89 Å². The smallest absolute Gasteiger partial charge is 0.259 e. The summed E-state index contributed by atoms with van der Waals surface area (Å²) in [6.45, 7) is 2.10. The summed E-state index contributed by atoms with van der Waals surface area (Å²) in [7, 11) is 0. The average Bonchev–Trinajstić information content (AvgIpc) is 2.88. The summed E-state index contributed by atoms with van der Waals surface area (Å²) in [6, 6.07) is 5.72. The van der Waals surface area contributed by atoms with Crippen molar-refractivity contribution in [3.05, 3.63) is 29.0 Å². The zero-order valence-corrected chi connectivity index (χ0v) is 12.8. The quantitative estimate of drug-likeness (QED) is 0.869. The maximum absolute atomic E-state index is 6.23. The highest BCUT2D eigenvalue weighted by molar-refractivity contribution is 7.99. The van der Waals surface area contributed by atoms with Gasteiger partial charge in [-0.05, 0) is 43.2 Å². The van der Waals surface area contributed by atoms with Crippen LogP contribution in [-0.2, 0) is 5.54 Å². The van der Waals surface area contributed by atoms with Crippen molar-refractivity contribution in [2.24, 2.45) is 5.73 Å². The van der Waals surface area contributed by atoms with Crippen LogP contribution in [0.5, 0.6) is 0 Å². The summed E-state index contributed by atoms with van der Waals surface area (Å²) in [5, 5.41) is 4.71. The van der Waals surface area contributed by atoms with E-state index in [-0.39, 0.29) is 0 Å². The SMILES string of the molecule is CCSc1ccc(Cl)cc1-c1nc(C2(N)CCC2)no1. The fourth-order valence-corrected chi connectivity index (χ4v) is 3.22. The molecule has 1 aliphatic carbocycles. The predicted molar refractivity (Wildman–Crippen MR) is 80.9 cm³/mol. The number of hydrogen-bond acceptors (Lipinski definition) is 5. The van der Waals surface area contributed by atoms with Crippen molar-refractivity contribution in [1.29, 1.82) is 0 Å². The third-order valence-corrected chi connectivity index (χ3v) is 4.78. The summed E-state index contributed by atoms with van der Waals surface area (Å²) in [4.78, 5) is 5.57. The molecular weight excluding hydrogens is 294 g/mol. The second kappa shape index (κ2) is 5.39. The minimum Gasteiger partial charge on any atom is -0.334 e.